The molecular weight excluding hydrogens is 262 g/mol. The molecule has 0 unspecified atom stereocenters. The van der Waals surface area contributed by atoms with E-state index >= 15 is 0 Å². The summed E-state index contributed by atoms with van der Waals surface area (Å²) in [6.45, 7) is 5.23. The number of anilines is 2. The van der Waals surface area contributed by atoms with E-state index in [1.54, 1.807) is 0 Å². The van der Waals surface area contributed by atoms with Crippen molar-refractivity contribution < 1.29 is 9.66 Å². The van der Waals surface area contributed by atoms with Crippen molar-refractivity contribution in [2.75, 3.05) is 23.9 Å². The van der Waals surface area contributed by atoms with Gasteiger partial charge in [0, 0.05) is 19.2 Å². The predicted molar refractivity (Wildman–Crippen MR) is 77.5 cm³/mol. The van der Waals surface area contributed by atoms with Crippen LogP contribution in [0.2, 0.25) is 0 Å². The summed E-state index contributed by atoms with van der Waals surface area (Å²) < 4.78 is 5.41. The number of rotatable bonds is 9. The number of unbranched alkanes of at least 4 members (excludes halogenated alkanes) is 1. The number of aromatic nitrogens is 1. The molecule has 0 saturated carbocycles. The van der Waals surface area contributed by atoms with Gasteiger partial charge in [-0.05, 0) is 32.8 Å². The maximum atomic E-state index is 10.9. The summed E-state index contributed by atoms with van der Waals surface area (Å²) in [5.74, 6) is 5.83. The first-order valence-corrected chi connectivity index (χ1v) is 6.52. The smallest absolute Gasteiger partial charge is 0.311 e. The maximum absolute atomic E-state index is 10.9. The average Bonchev–Trinajstić information content (AvgIpc) is 2.41. The summed E-state index contributed by atoms with van der Waals surface area (Å²) in [6, 6.07) is 2.83. The van der Waals surface area contributed by atoms with Gasteiger partial charge in [-0.1, -0.05) is 0 Å². The van der Waals surface area contributed by atoms with Gasteiger partial charge in [0.2, 0.25) is 5.82 Å². The number of nitrogen functional groups attached to an aromatic ring is 1. The Labute approximate surface area is 117 Å². The maximum Gasteiger partial charge on any atom is 0.311 e. The summed E-state index contributed by atoms with van der Waals surface area (Å²) in [5, 5.41) is 13.8. The van der Waals surface area contributed by atoms with E-state index in [-0.39, 0.29) is 17.6 Å². The van der Waals surface area contributed by atoms with Crippen molar-refractivity contribution in [1.82, 2.24) is 4.98 Å². The van der Waals surface area contributed by atoms with Crippen molar-refractivity contribution in [3.8, 4) is 0 Å². The Kier molecular flexibility index (Phi) is 6.68. The van der Waals surface area contributed by atoms with Crippen LogP contribution in [-0.2, 0) is 4.74 Å². The highest BCUT2D eigenvalue weighted by molar-refractivity contribution is 5.59. The second-order valence-electron chi connectivity index (χ2n) is 4.52. The number of hydrazine groups is 1. The van der Waals surface area contributed by atoms with Crippen LogP contribution in [0.5, 0.6) is 0 Å². The largest absolute Gasteiger partial charge is 0.379 e. The van der Waals surface area contributed by atoms with Crippen molar-refractivity contribution in [3.63, 3.8) is 0 Å². The molecular formula is C12H21N5O3. The number of hydrogen-bond acceptors (Lipinski definition) is 7. The Bertz CT molecular complexity index is 439. The van der Waals surface area contributed by atoms with Gasteiger partial charge in [0.25, 0.3) is 0 Å². The van der Waals surface area contributed by atoms with Crippen LogP contribution in [0, 0.1) is 10.1 Å². The highest BCUT2D eigenvalue weighted by Gasteiger charge is 2.15. The van der Waals surface area contributed by atoms with Gasteiger partial charge in [0.1, 0.15) is 5.82 Å². The summed E-state index contributed by atoms with van der Waals surface area (Å²) >= 11 is 0. The number of nitrogens with one attached hydrogen (secondary N) is 2. The van der Waals surface area contributed by atoms with E-state index in [0.29, 0.717) is 19.0 Å². The monoisotopic (exact) mass is 283 g/mol. The van der Waals surface area contributed by atoms with E-state index in [0.717, 1.165) is 12.8 Å². The number of nitro groups is 1. The van der Waals surface area contributed by atoms with Crippen LogP contribution in [0.4, 0.5) is 17.3 Å². The third-order valence-electron chi connectivity index (χ3n) is 2.53. The summed E-state index contributed by atoms with van der Waals surface area (Å²) in [5.41, 5.74) is 2.30. The van der Waals surface area contributed by atoms with Gasteiger partial charge in [0.15, 0.2) is 0 Å². The second-order valence-corrected chi connectivity index (χ2v) is 4.52. The van der Waals surface area contributed by atoms with Gasteiger partial charge >= 0.3 is 5.69 Å². The highest BCUT2D eigenvalue weighted by Crippen LogP contribution is 2.23. The van der Waals surface area contributed by atoms with E-state index in [1.165, 1.54) is 12.1 Å². The fourth-order valence-corrected chi connectivity index (χ4v) is 1.56. The van der Waals surface area contributed by atoms with Crippen molar-refractivity contribution in [2.45, 2.75) is 32.8 Å². The van der Waals surface area contributed by atoms with Crippen molar-refractivity contribution in [1.29, 1.82) is 0 Å². The molecule has 0 aliphatic heterocycles. The van der Waals surface area contributed by atoms with Gasteiger partial charge in [0.05, 0.1) is 11.0 Å². The minimum absolute atomic E-state index is 0.0672. The molecule has 0 spiro atoms. The van der Waals surface area contributed by atoms with Crippen molar-refractivity contribution in [2.24, 2.45) is 5.84 Å². The second kappa shape index (κ2) is 8.28. The molecule has 1 rings (SSSR count). The van der Waals surface area contributed by atoms with Gasteiger partial charge in [-0.25, -0.2) is 10.8 Å². The molecule has 4 N–H and O–H groups in total. The zero-order chi connectivity index (χ0) is 15.0. The molecule has 0 amide bonds. The first-order chi connectivity index (χ1) is 9.54. The van der Waals surface area contributed by atoms with Crippen molar-refractivity contribution in [3.05, 3.63) is 22.2 Å². The Balaban J connectivity index is 2.47. The molecule has 1 heterocycles. The van der Waals surface area contributed by atoms with Crippen LogP contribution in [0.1, 0.15) is 26.7 Å². The molecule has 0 aliphatic rings. The minimum Gasteiger partial charge on any atom is -0.379 e. The molecule has 0 fully saturated rings. The SMILES string of the molecule is CC(C)OCCCCNc1nc(NN)ccc1[N+](=O)[O-]. The van der Waals surface area contributed by atoms with Crippen LogP contribution >= 0.6 is 0 Å². The Hall–Kier alpha value is -1.93. The van der Waals surface area contributed by atoms with Crippen LogP contribution in [0.15, 0.2) is 12.1 Å². The van der Waals surface area contributed by atoms with Crippen LogP contribution in [-0.4, -0.2) is 29.2 Å². The quantitative estimate of drug-likeness (QED) is 0.274. The average molecular weight is 283 g/mol. The molecule has 1 aromatic heterocycles. The normalized spacial score (nSPS) is 10.6. The number of nitrogens with two attached hydrogens (primary N) is 1. The number of hydrogen-bond donors (Lipinski definition) is 3. The number of ether oxygens (including phenoxy) is 1. The van der Waals surface area contributed by atoms with Crippen molar-refractivity contribution >= 4 is 17.3 Å². The zero-order valence-corrected chi connectivity index (χ0v) is 11.8. The lowest BCUT2D eigenvalue weighted by molar-refractivity contribution is -0.384. The van der Waals surface area contributed by atoms with Crippen LogP contribution < -0.4 is 16.6 Å². The predicted octanol–water partition coefficient (Wildman–Crippen LogP) is 1.89. The van der Waals surface area contributed by atoms with Gasteiger partial charge < -0.3 is 15.5 Å². The van der Waals surface area contributed by atoms with Gasteiger partial charge in [-0.15, -0.1) is 0 Å². The van der Waals surface area contributed by atoms with E-state index in [1.807, 2.05) is 13.8 Å². The lowest BCUT2D eigenvalue weighted by Gasteiger charge is -2.09. The molecule has 20 heavy (non-hydrogen) atoms. The molecule has 0 bridgehead atoms. The van der Waals surface area contributed by atoms with E-state index in [4.69, 9.17) is 10.6 Å². The third kappa shape index (κ3) is 5.37. The fraction of sp³-hybridized carbons (Fsp3) is 0.583. The first kappa shape index (κ1) is 16.1. The van der Waals surface area contributed by atoms with Gasteiger partial charge in [-0.2, -0.15) is 0 Å². The Morgan fingerprint density at radius 3 is 2.80 bits per heavy atom. The summed E-state index contributed by atoms with van der Waals surface area (Å²) in [4.78, 5) is 14.4. The molecule has 112 valence electrons. The Morgan fingerprint density at radius 1 is 1.45 bits per heavy atom. The highest BCUT2D eigenvalue weighted by atomic mass is 16.6. The zero-order valence-electron chi connectivity index (χ0n) is 11.8. The molecule has 8 heteroatoms. The first-order valence-electron chi connectivity index (χ1n) is 6.52. The Morgan fingerprint density at radius 2 is 2.20 bits per heavy atom. The molecule has 1 aromatic rings. The van der Waals surface area contributed by atoms with Crippen LogP contribution in [0.25, 0.3) is 0 Å². The fourth-order valence-electron chi connectivity index (χ4n) is 1.56. The van der Waals surface area contributed by atoms with Crippen LogP contribution in [0.3, 0.4) is 0 Å². The molecule has 0 saturated heterocycles. The topological polar surface area (TPSA) is 115 Å². The lowest BCUT2D eigenvalue weighted by Crippen LogP contribution is -2.12. The number of nitrogens with zero attached hydrogens (tertiary/aromatic N) is 2. The van der Waals surface area contributed by atoms with Gasteiger partial charge in [-0.3, -0.25) is 10.1 Å². The summed E-state index contributed by atoms with van der Waals surface area (Å²) in [6.07, 6.45) is 1.94. The summed E-state index contributed by atoms with van der Waals surface area (Å²) in [7, 11) is 0. The van der Waals surface area contributed by atoms with E-state index in [9.17, 15) is 10.1 Å². The molecule has 0 radical (unpaired) electrons. The number of pyridine rings is 1. The van der Waals surface area contributed by atoms with E-state index in [2.05, 4.69) is 15.7 Å². The standard InChI is InChI=1S/C12H21N5O3/c1-9(2)20-8-4-3-7-14-12-10(17(18)19)5-6-11(15-12)16-13/h5-6,9H,3-4,7-8,13H2,1-2H3,(H2,14,15,16). The molecule has 8 nitrogen and oxygen atoms in total. The third-order valence-corrected chi connectivity index (χ3v) is 2.53. The minimum atomic E-state index is -0.475. The molecule has 0 aliphatic carbocycles. The molecule has 0 atom stereocenters. The lowest BCUT2D eigenvalue weighted by atomic mass is 10.3. The molecule has 0 aromatic carbocycles. The van der Waals surface area contributed by atoms with E-state index < -0.39 is 4.92 Å².